The molecule has 26 heavy (non-hydrogen) atoms. The first kappa shape index (κ1) is 20.9. The molecule has 1 N–H and O–H groups in total. The lowest BCUT2D eigenvalue weighted by molar-refractivity contribution is -0.140. The first-order valence-electron chi connectivity index (χ1n) is 8.51. The molecule has 2 heterocycles. The number of alkyl halides is 3. The van der Waals surface area contributed by atoms with Crippen LogP contribution in [-0.2, 0) is 22.2 Å². The van der Waals surface area contributed by atoms with Crippen LogP contribution in [0.5, 0.6) is 0 Å². The van der Waals surface area contributed by atoms with Crippen molar-refractivity contribution in [1.82, 2.24) is 15.2 Å². The number of piperidine rings is 1. The summed E-state index contributed by atoms with van der Waals surface area (Å²) in [5.74, 6) is 0.673. The molecule has 0 unspecified atom stereocenters. The number of aliphatic imine (C=N–C) groups is 1. The van der Waals surface area contributed by atoms with E-state index in [-0.39, 0.29) is 12.6 Å². The second-order valence-electron chi connectivity index (χ2n) is 5.93. The Morgan fingerprint density at radius 2 is 2.12 bits per heavy atom. The summed E-state index contributed by atoms with van der Waals surface area (Å²) in [7, 11) is 3.34. The number of likely N-dealkylation sites (tertiary alicyclic amines) is 1. The zero-order valence-electron chi connectivity index (χ0n) is 15.0. The number of hydrogen-bond donors (Lipinski definition) is 1. The number of guanidine groups is 1. The predicted molar refractivity (Wildman–Crippen MR) is 94.4 cm³/mol. The lowest BCUT2D eigenvalue weighted by atomic mass is 10.1. The Balaban J connectivity index is 1.75. The van der Waals surface area contributed by atoms with Gasteiger partial charge in [-0.1, -0.05) is 0 Å². The normalized spacial score (nSPS) is 17.0. The summed E-state index contributed by atoms with van der Waals surface area (Å²) in [5.41, 5.74) is -0.847. The van der Waals surface area contributed by atoms with Crippen molar-refractivity contribution in [2.75, 3.05) is 40.5 Å². The minimum Gasteiger partial charge on any atom is -0.385 e. The summed E-state index contributed by atoms with van der Waals surface area (Å²) >= 11 is 0.992. The summed E-state index contributed by atoms with van der Waals surface area (Å²) in [4.78, 5) is 9.93. The van der Waals surface area contributed by atoms with Crippen LogP contribution < -0.4 is 5.32 Å². The lowest BCUT2D eigenvalue weighted by Crippen LogP contribution is -2.46. The van der Waals surface area contributed by atoms with Crippen LogP contribution in [0, 0.1) is 0 Å². The molecule has 10 heteroatoms. The number of nitrogens with zero attached hydrogens (tertiary/aromatic N) is 3. The fourth-order valence-electron chi connectivity index (χ4n) is 2.70. The van der Waals surface area contributed by atoms with Crippen molar-refractivity contribution in [2.45, 2.75) is 38.1 Å². The van der Waals surface area contributed by atoms with Gasteiger partial charge >= 0.3 is 6.18 Å². The molecule has 6 nitrogen and oxygen atoms in total. The zero-order valence-corrected chi connectivity index (χ0v) is 15.8. The summed E-state index contributed by atoms with van der Waals surface area (Å²) in [5, 5.41) is 4.51. The molecule has 1 saturated heterocycles. The van der Waals surface area contributed by atoms with E-state index in [1.54, 1.807) is 14.2 Å². The largest absolute Gasteiger partial charge is 0.434 e. The fourth-order valence-corrected chi connectivity index (χ4v) is 3.44. The van der Waals surface area contributed by atoms with Crippen LogP contribution in [0.25, 0.3) is 0 Å². The Morgan fingerprint density at radius 1 is 1.38 bits per heavy atom. The maximum atomic E-state index is 12.6. The molecule has 0 amide bonds. The molecule has 0 aliphatic carbocycles. The van der Waals surface area contributed by atoms with Gasteiger partial charge < -0.3 is 19.7 Å². The number of nitrogens with one attached hydrogen (secondary N) is 1. The van der Waals surface area contributed by atoms with Crippen LogP contribution in [-0.4, -0.2) is 62.4 Å². The maximum absolute atomic E-state index is 12.6. The van der Waals surface area contributed by atoms with Crippen molar-refractivity contribution in [3.8, 4) is 0 Å². The van der Waals surface area contributed by atoms with E-state index in [1.165, 1.54) is 0 Å². The third kappa shape index (κ3) is 6.40. The van der Waals surface area contributed by atoms with E-state index in [0.29, 0.717) is 24.2 Å². The standard InChI is InChI=1S/C16H25F3N4O2S/c1-20-15(21-10-14-22-13(11-26-14)16(17,18)19)23-6-4-12(5-7-23)25-9-3-8-24-2/h11-12H,3-10H2,1-2H3,(H,20,21). The predicted octanol–water partition coefficient (Wildman–Crippen LogP) is 2.75. The molecule has 1 aliphatic heterocycles. The average Bonchev–Trinajstić information content (AvgIpc) is 3.10. The molecule has 0 saturated carbocycles. The lowest BCUT2D eigenvalue weighted by Gasteiger charge is -2.34. The molecule has 0 aromatic carbocycles. The van der Waals surface area contributed by atoms with Crippen LogP contribution in [0.2, 0.25) is 0 Å². The van der Waals surface area contributed by atoms with E-state index in [4.69, 9.17) is 9.47 Å². The molecule has 1 fully saturated rings. The van der Waals surface area contributed by atoms with Crippen molar-refractivity contribution in [1.29, 1.82) is 0 Å². The van der Waals surface area contributed by atoms with Crippen molar-refractivity contribution < 1.29 is 22.6 Å². The number of ether oxygens (including phenoxy) is 2. The molecule has 1 aliphatic rings. The molecule has 0 bridgehead atoms. The monoisotopic (exact) mass is 394 g/mol. The Hall–Kier alpha value is -1.39. The maximum Gasteiger partial charge on any atom is 0.434 e. The minimum absolute atomic E-state index is 0.223. The van der Waals surface area contributed by atoms with Gasteiger partial charge in [0.25, 0.3) is 0 Å². The number of aromatic nitrogens is 1. The highest BCUT2D eigenvalue weighted by atomic mass is 32.1. The number of hydrogen-bond acceptors (Lipinski definition) is 5. The van der Waals surface area contributed by atoms with E-state index < -0.39 is 11.9 Å². The molecule has 1 aromatic heterocycles. The van der Waals surface area contributed by atoms with Crippen molar-refractivity contribution in [2.24, 2.45) is 4.99 Å². The SMILES string of the molecule is CN=C(NCc1nc(C(F)(F)F)cs1)N1CCC(OCCCOC)CC1. The highest BCUT2D eigenvalue weighted by Crippen LogP contribution is 2.29. The number of methoxy groups -OCH3 is 1. The van der Waals surface area contributed by atoms with Crippen molar-refractivity contribution in [3.05, 3.63) is 16.1 Å². The molecular weight excluding hydrogens is 369 g/mol. The van der Waals surface area contributed by atoms with Gasteiger partial charge in [0, 0.05) is 45.8 Å². The Morgan fingerprint density at radius 3 is 2.69 bits per heavy atom. The van der Waals surface area contributed by atoms with Gasteiger partial charge in [0.05, 0.1) is 12.6 Å². The van der Waals surface area contributed by atoms with Crippen molar-refractivity contribution in [3.63, 3.8) is 0 Å². The van der Waals surface area contributed by atoms with Gasteiger partial charge in [-0.2, -0.15) is 13.2 Å². The second-order valence-corrected chi connectivity index (χ2v) is 6.87. The third-order valence-corrected chi connectivity index (χ3v) is 4.89. The number of thiazole rings is 1. The van der Waals surface area contributed by atoms with E-state index in [9.17, 15) is 13.2 Å². The highest BCUT2D eigenvalue weighted by Gasteiger charge is 2.33. The fraction of sp³-hybridized carbons (Fsp3) is 0.750. The smallest absolute Gasteiger partial charge is 0.385 e. The third-order valence-electron chi connectivity index (χ3n) is 4.04. The van der Waals surface area contributed by atoms with E-state index in [2.05, 4.69) is 20.2 Å². The number of halogens is 3. The zero-order chi connectivity index (χ0) is 19.0. The topological polar surface area (TPSA) is 59.0 Å². The Kier molecular flexibility index (Phi) is 8.11. The molecule has 0 radical (unpaired) electrons. The summed E-state index contributed by atoms with van der Waals surface area (Å²) in [6.07, 6.45) is -1.50. The second kappa shape index (κ2) is 10.1. The summed E-state index contributed by atoms with van der Waals surface area (Å²) in [6.45, 7) is 3.20. The Labute approximate surface area is 155 Å². The van der Waals surface area contributed by atoms with Crippen molar-refractivity contribution >= 4 is 17.3 Å². The molecule has 0 spiro atoms. The van der Waals surface area contributed by atoms with Crippen LogP contribution in [0.4, 0.5) is 13.2 Å². The molecule has 2 rings (SSSR count). The van der Waals surface area contributed by atoms with Crippen LogP contribution in [0.1, 0.15) is 30.0 Å². The molecular formula is C16H25F3N4O2S. The van der Waals surface area contributed by atoms with Crippen LogP contribution >= 0.6 is 11.3 Å². The van der Waals surface area contributed by atoms with Gasteiger partial charge in [0.15, 0.2) is 11.7 Å². The first-order chi connectivity index (χ1) is 12.4. The van der Waals surface area contributed by atoms with Gasteiger partial charge in [0.1, 0.15) is 5.01 Å². The first-order valence-corrected chi connectivity index (χ1v) is 9.39. The molecule has 148 valence electrons. The van der Waals surface area contributed by atoms with Crippen LogP contribution in [0.15, 0.2) is 10.4 Å². The van der Waals surface area contributed by atoms with E-state index in [1.807, 2.05) is 0 Å². The van der Waals surface area contributed by atoms with E-state index in [0.717, 1.165) is 49.1 Å². The van der Waals surface area contributed by atoms with Gasteiger partial charge in [-0.3, -0.25) is 4.99 Å². The van der Waals surface area contributed by atoms with Gasteiger partial charge in [-0.15, -0.1) is 11.3 Å². The summed E-state index contributed by atoms with van der Waals surface area (Å²) < 4.78 is 48.6. The quantitative estimate of drug-likeness (QED) is 0.438. The average molecular weight is 394 g/mol. The highest BCUT2D eigenvalue weighted by molar-refractivity contribution is 7.09. The Bertz CT molecular complexity index is 572. The number of rotatable bonds is 7. The minimum atomic E-state index is -4.40. The summed E-state index contributed by atoms with van der Waals surface area (Å²) in [6, 6.07) is 0. The van der Waals surface area contributed by atoms with Gasteiger partial charge in [-0.05, 0) is 19.3 Å². The van der Waals surface area contributed by atoms with Gasteiger partial charge in [-0.25, -0.2) is 4.98 Å². The van der Waals surface area contributed by atoms with E-state index >= 15 is 0 Å². The molecule has 1 aromatic rings. The van der Waals surface area contributed by atoms with Gasteiger partial charge in [0.2, 0.25) is 0 Å². The molecule has 0 atom stereocenters. The van der Waals surface area contributed by atoms with Crippen LogP contribution in [0.3, 0.4) is 0 Å².